The van der Waals surface area contributed by atoms with E-state index in [0.29, 0.717) is 27.7 Å². The standard InChI is InChI=1S/C18H14F2N4/c1-10(24-18(21)22)11-6-7-12-14(8-11)17(23-9-16(12)20)13-4-2-3-5-15(13)19/h2-9H,1H2,(H4,21,22,24). The molecule has 1 aromatic heterocycles. The van der Waals surface area contributed by atoms with Crippen LogP contribution in [0.3, 0.4) is 0 Å². The fraction of sp³-hybridized carbons (Fsp3) is 0. The average molecular weight is 324 g/mol. The summed E-state index contributed by atoms with van der Waals surface area (Å²) in [4.78, 5) is 7.96. The third kappa shape index (κ3) is 2.81. The van der Waals surface area contributed by atoms with Gasteiger partial charge in [0.25, 0.3) is 0 Å². The number of fused-ring (bicyclic) bond motifs is 1. The summed E-state index contributed by atoms with van der Waals surface area (Å²) in [6.45, 7) is 3.78. The molecule has 0 aliphatic rings. The predicted octanol–water partition coefficient (Wildman–Crippen LogP) is 3.42. The highest BCUT2D eigenvalue weighted by molar-refractivity contribution is 5.97. The lowest BCUT2D eigenvalue weighted by Gasteiger charge is -2.10. The van der Waals surface area contributed by atoms with Gasteiger partial charge in [-0.3, -0.25) is 4.98 Å². The van der Waals surface area contributed by atoms with Crippen LogP contribution in [0.2, 0.25) is 0 Å². The first-order chi connectivity index (χ1) is 11.5. The molecule has 0 saturated carbocycles. The van der Waals surface area contributed by atoms with Crippen molar-refractivity contribution in [1.29, 1.82) is 0 Å². The lowest BCUT2D eigenvalue weighted by Crippen LogP contribution is -2.22. The van der Waals surface area contributed by atoms with Gasteiger partial charge in [-0.05, 0) is 18.2 Å². The third-order valence-electron chi connectivity index (χ3n) is 3.57. The molecule has 0 aliphatic heterocycles. The van der Waals surface area contributed by atoms with Crippen molar-refractivity contribution in [2.45, 2.75) is 0 Å². The van der Waals surface area contributed by atoms with Crippen molar-refractivity contribution in [3.63, 3.8) is 0 Å². The molecule has 0 unspecified atom stereocenters. The molecule has 2 aromatic carbocycles. The number of guanidine groups is 1. The van der Waals surface area contributed by atoms with E-state index in [0.717, 1.165) is 6.20 Å². The Bertz CT molecular complexity index is 976. The SMILES string of the molecule is C=C(N=C(N)N)c1ccc2c(F)cnc(-c3ccccc3F)c2c1. The van der Waals surface area contributed by atoms with Crippen molar-refractivity contribution in [3.8, 4) is 11.3 Å². The van der Waals surface area contributed by atoms with Gasteiger partial charge in [0.15, 0.2) is 5.96 Å². The molecule has 0 radical (unpaired) electrons. The summed E-state index contributed by atoms with van der Waals surface area (Å²) in [5.41, 5.74) is 12.2. The minimum absolute atomic E-state index is 0.133. The first-order valence-corrected chi connectivity index (χ1v) is 7.09. The molecular weight excluding hydrogens is 310 g/mol. The lowest BCUT2D eigenvalue weighted by molar-refractivity contribution is 0.627. The third-order valence-corrected chi connectivity index (χ3v) is 3.57. The smallest absolute Gasteiger partial charge is 0.191 e. The molecule has 0 bridgehead atoms. The zero-order valence-electron chi connectivity index (χ0n) is 12.6. The van der Waals surface area contributed by atoms with Crippen LogP contribution in [0.15, 0.2) is 60.2 Å². The lowest BCUT2D eigenvalue weighted by atomic mass is 10.0. The van der Waals surface area contributed by atoms with Gasteiger partial charge in [0.05, 0.1) is 17.6 Å². The topological polar surface area (TPSA) is 77.3 Å². The number of aromatic nitrogens is 1. The van der Waals surface area contributed by atoms with E-state index in [4.69, 9.17) is 11.5 Å². The van der Waals surface area contributed by atoms with Crippen LogP contribution in [0, 0.1) is 11.6 Å². The highest BCUT2D eigenvalue weighted by Gasteiger charge is 2.13. The number of nitrogens with zero attached hydrogens (tertiary/aromatic N) is 2. The molecule has 0 atom stereocenters. The number of rotatable bonds is 3. The van der Waals surface area contributed by atoms with Crippen molar-refractivity contribution in [1.82, 2.24) is 4.98 Å². The second-order valence-electron chi connectivity index (χ2n) is 5.18. The minimum Gasteiger partial charge on any atom is -0.370 e. The van der Waals surface area contributed by atoms with Gasteiger partial charge in [-0.25, -0.2) is 13.8 Å². The van der Waals surface area contributed by atoms with Gasteiger partial charge < -0.3 is 11.5 Å². The molecule has 0 amide bonds. The first-order valence-electron chi connectivity index (χ1n) is 7.09. The molecule has 1 heterocycles. The van der Waals surface area contributed by atoms with E-state index in [-0.39, 0.29) is 11.5 Å². The van der Waals surface area contributed by atoms with Crippen LogP contribution in [-0.4, -0.2) is 10.9 Å². The summed E-state index contributed by atoms with van der Waals surface area (Å²) in [6.07, 6.45) is 1.08. The van der Waals surface area contributed by atoms with E-state index >= 15 is 0 Å². The maximum atomic E-state index is 14.1. The van der Waals surface area contributed by atoms with Crippen LogP contribution in [0.1, 0.15) is 5.56 Å². The Hall–Kier alpha value is -3.28. The zero-order valence-corrected chi connectivity index (χ0v) is 12.6. The Morgan fingerprint density at radius 1 is 1.00 bits per heavy atom. The Labute approximate surface area is 137 Å². The van der Waals surface area contributed by atoms with Crippen LogP contribution in [0.4, 0.5) is 8.78 Å². The summed E-state index contributed by atoms with van der Waals surface area (Å²) >= 11 is 0. The van der Waals surface area contributed by atoms with Crippen molar-refractivity contribution < 1.29 is 8.78 Å². The molecule has 24 heavy (non-hydrogen) atoms. The van der Waals surface area contributed by atoms with Crippen LogP contribution in [0.5, 0.6) is 0 Å². The maximum absolute atomic E-state index is 14.1. The average Bonchev–Trinajstić information content (AvgIpc) is 2.55. The number of benzene rings is 2. The van der Waals surface area contributed by atoms with Gasteiger partial charge in [0, 0.05) is 21.9 Å². The normalized spacial score (nSPS) is 10.6. The van der Waals surface area contributed by atoms with Crippen molar-refractivity contribution in [2.24, 2.45) is 16.5 Å². The van der Waals surface area contributed by atoms with Gasteiger partial charge in [-0.15, -0.1) is 0 Å². The zero-order chi connectivity index (χ0) is 17.3. The van der Waals surface area contributed by atoms with Crippen LogP contribution < -0.4 is 11.5 Å². The molecule has 120 valence electrons. The number of hydrogen-bond donors (Lipinski definition) is 2. The highest BCUT2D eigenvalue weighted by atomic mass is 19.1. The van der Waals surface area contributed by atoms with Gasteiger partial charge >= 0.3 is 0 Å². The first kappa shape index (κ1) is 15.6. The largest absolute Gasteiger partial charge is 0.370 e. The van der Waals surface area contributed by atoms with Gasteiger partial charge in [-0.2, -0.15) is 0 Å². The predicted molar refractivity (Wildman–Crippen MR) is 91.9 cm³/mol. The Kier molecular flexibility index (Phi) is 3.95. The summed E-state index contributed by atoms with van der Waals surface area (Å²) in [5.74, 6) is -1.07. The molecule has 0 fully saturated rings. The molecule has 6 heteroatoms. The number of aliphatic imine (C=N–C) groups is 1. The Balaban J connectivity index is 2.27. The molecule has 0 saturated heterocycles. The molecule has 0 aliphatic carbocycles. The van der Waals surface area contributed by atoms with Gasteiger partial charge in [0.1, 0.15) is 11.6 Å². The molecule has 4 N–H and O–H groups in total. The summed E-state index contributed by atoms with van der Waals surface area (Å²) < 4.78 is 28.2. The van der Waals surface area contributed by atoms with Crippen LogP contribution >= 0.6 is 0 Å². The van der Waals surface area contributed by atoms with E-state index in [1.54, 1.807) is 36.4 Å². The summed E-state index contributed by atoms with van der Waals surface area (Å²) in [7, 11) is 0. The van der Waals surface area contributed by atoms with E-state index in [9.17, 15) is 8.78 Å². The summed E-state index contributed by atoms with van der Waals surface area (Å²) in [6, 6.07) is 11.0. The van der Waals surface area contributed by atoms with E-state index < -0.39 is 11.6 Å². The Morgan fingerprint density at radius 2 is 1.75 bits per heavy atom. The minimum atomic E-state index is -0.496. The van der Waals surface area contributed by atoms with Crippen LogP contribution in [0.25, 0.3) is 27.7 Å². The quantitative estimate of drug-likeness (QED) is 0.572. The molecular formula is C18H14F2N4. The Morgan fingerprint density at radius 3 is 2.46 bits per heavy atom. The molecule has 3 rings (SSSR count). The van der Waals surface area contributed by atoms with Crippen LogP contribution in [-0.2, 0) is 0 Å². The van der Waals surface area contributed by atoms with Crippen molar-refractivity contribution >= 4 is 22.4 Å². The van der Waals surface area contributed by atoms with Gasteiger partial charge in [0.2, 0.25) is 0 Å². The van der Waals surface area contributed by atoms with Gasteiger partial charge in [-0.1, -0.05) is 30.8 Å². The fourth-order valence-corrected chi connectivity index (χ4v) is 2.48. The second-order valence-corrected chi connectivity index (χ2v) is 5.18. The monoisotopic (exact) mass is 324 g/mol. The van der Waals surface area contributed by atoms with Crippen molar-refractivity contribution in [2.75, 3.05) is 0 Å². The second kappa shape index (κ2) is 6.08. The number of halogens is 2. The fourth-order valence-electron chi connectivity index (χ4n) is 2.48. The highest BCUT2D eigenvalue weighted by Crippen LogP contribution is 2.31. The van der Waals surface area contributed by atoms with Crippen molar-refractivity contribution in [3.05, 3.63) is 72.4 Å². The number of nitrogens with two attached hydrogens (primary N) is 2. The molecule has 3 aromatic rings. The van der Waals surface area contributed by atoms with E-state index in [2.05, 4.69) is 16.6 Å². The number of hydrogen-bond acceptors (Lipinski definition) is 2. The van der Waals surface area contributed by atoms with E-state index in [1.165, 1.54) is 6.07 Å². The van der Waals surface area contributed by atoms with E-state index in [1.807, 2.05) is 0 Å². The summed E-state index contributed by atoms with van der Waals surface area (Å²) in [5, 5.41) is 0.772. The molecule has 4 nitrogen and oxygen atoms in total. The molecule has 0 spiro atoms. The number of pyridine rings is 1. The maximum Gasteiger partial charge on any atom is 0.191 e.